The number of nitrogens with one attached hydrogen (secondary N) is 1. The lowest BCUT2D eigenvalue weighted by atomic mass is 10.1. The predicted molar refractivity (Wildman–Crippen MR) is 96.2 cm³/mol. The molecular weight excluding hydrogens is 372 g/mol. The van der Waals surface area contributed by atoms with Gasteiger partial charge in [0.1, 0.15) is 11.6 Å². The summed E-state index contributed by atoms with van der Waals surface area (Å²) >= 11 is 18.3. The van der Waals surface area contributed by atoms with E-state index in [0.29, 0.717) is 20.6 Å². The molecule has 0 bridgehead atoms. The zero-order valence-corrected chi connectivity index (χ0v) is 14.6. The molecule has 2 heterocycles. The van der Waals surface area contributed by atoms with E-state index in [1.54, 1.807) is 22.9 Å². The van der Waals surface area contributed by atoms with Crippen LogP contribution in [0.5, 0.6) is 0 Å². The molecule has 0 aliphatic carbocycles. The summed E-state index contributed by atoms with van der Waals surface area (Å²) in [6.45, 7) is 0.806. The Balaban J connectivity index is 1.90. The first-order chi connectivity index (χ1) is 11.5. The minimum absolute atomic E-state index is 0.337. The highest BCUT2D eigenvalue weighted by molar-refractivity contribution is 6.42. The average molecular weight is 383 g/mol. The molecule has 3 nitrogen and oxygen atoms in total. The molecule has 1 aliphatic rings. The monoisotopic (exact) mass is 381 g/mol. The molecule has 24 heavy (non-hydrogen) atoms. The number of benzene rings is 2. The third kappa shape index (κ3) is 2.55. The summed E-state index contributed by atoms with van der Waals surface area (Å²) in [6.07, 6.45) is 0.819. The van der Waals surface area contributed by atoms with Gasteiger partial charge in [0, 0.05) is 17.7 Å². The summed E-state index contributed by atoms with van der Waals surface area (Å²) in [5.74, 6) is 0.520. The summed E-state index contributed by atoms with van der Waals surface area (Å²) in [5.41, 5.74) is 3.29. The van der Waals surface area contributed by atoms with E-state index in [9.17, 15) is 4.39 Å². The van der Waals surface area contributed by atoms with E-state index >= 15 is 0 Å². The molecule has 3 aromatic rings. The normalized spacial score (nSPS) is 13.0. The van der Waals surface area contributed by atoms with Crippen LogP contribution in [0, 0.1) is 5.82 Å². The van der Waals surface area contributed by atoms with Crippen LogP contribution < -0.4 is 5.32 Å². The fraction of sp³-hybridized carbons (Fsp3) is 0.118. The quantitative estimate of drug-likeness (QED) is 0.624. The molecule has 0 saturated carbocycles. The number of hydrogen-bond donors (Lipinski definition) is 1. The minimum atomic E-state index is -0.373. The molecule has 0 radical (unpaired) electrons. The first-order valence-electron chi connectivity index (χ1n) is 7.31. The molecular formula is C17H11Cl3FN3. The zero-order chi connectivity index (χ0) is 16.8. The standard InChI is InChI=1S/C17H11Cl3FN3/c18-13-4-2-10(8-15(13)20)24-17-12(5-6-22-17)16(23-24)11-3-1-9(21)7-14(11)19/h1-4,7-8,22H,5-6H2. The molecule has 0 saturated heterocycles. The Morgan fingerprint density at radius 3 is 2.58 bits per heavy atom. The van der Waals surface area contributed by atoms with Gasteiger partial charge in [-0.2, -0.15) is 5.10 Å². The molecule has 0 fully saturated rings. The maximum absolute atomic E-state index is 13.3. The Hall–Kier alpha value is -1.75. The molecule has 0 amide bonds. The first-order valence-corrected chi connectivity index (χ1v) is 8.44. The summed E-state index contributed by atoms with van der Waals surface area (Å²) in [7, 11) is 0. The average Bonchev–Trinajstić information content (AvgIpc) is 3.13. The van der Waals surface area contributed by atoms with Crippen molar-refractivity contribution in [2.24, 2.45) is 0 Å². The maximum atomic E-state index is 13.3. The van der Waals surface area contributed by atoms with Crippen molar-refractivity contribution in [1.82, 2.24) is 9.78 Å². The highest BCUT2D eigenvalue weighted by Crippen LogP contribution is 2.38. The number of nitrogens with zero attached hydrogens (tertiary/aromatic N) is 2. The van der Waals surface area contributed by atoms with E-state index in [4.69, 9.17) is 34.8 Å². The van der Waals surface area contributed by atoms with Gasteiger partial charge in [-0.15, -0.1) is 0 Å². The SMILES string of the molecule is Fc1ccc(-c2nn(-c3ccc(Cl)c(Cl)c3)c3c2CCN3)c(Cl)c1. The van der Waals surface area contributed by atoms with E-state index in [0.717, 1.165) is 35.7 Å². The van der Waals surface area contributed by atoms with Crippen molar-refractivity contribution in [2.75, 3.05) is 11.9 Å². The van der Waals surface area contributed by atoms with Crippen molar-refractivity contribution in [3.63, 3.8) is 0 Å². The largest absolute Gasteiger partial charge is 0.369 e. The number of halogens is 4. The van der Waals surface area contributed by atoms with Crippen LogP contribution in [0.2, 0.25) is 15.1 Å². The van der Waals surface area contributed by atoms with E-state index in [1.807, 2.05) is 6.07 Å². The van der Waals surface area contributed by atoms with E-state index in [2.05, 4.69) is 10.4 Å². The summed E-state index contributed by atoms with van der Waals surface area (Å²) < 4.78 is 15.1. The Kier molecular flexibility index (Phi) is 3.91. The molecule has 1 aliphatic heterocycles. The summed E-state index contributed by atoms with van der Waals surface area (Å²) in [4.78, 5) is 0. The molecule has 0 atom stereocenters. The fourth-order valence-corrected chi connectivity index (χ4v) is 3.43. The molecule has 4 rings (SSSR count). The smallest absolute Gasteiger partial charge is 0.133 e. The van der Waals surface area contributed by atoms with Crippen molar-refractivity contribution in [2.45, 2.75) is 6.42 Å². The number of anilines is 1. The second kappa shape index (κ2) is 5.96. The van der Waals surface area contributed by atoms with Crippen LogP contribution >= 0.6 is 34.8 Å². The van der Waals surface area contributed by atoms with Crippen LogP contribution in [0.3, 0.4) is 0 Å². The highest BCUT2D eigenvalue weighted by atomic mass is 35.5. The van der Waals surface area contributed by atoms with Gasteiger partial charge in [0.05, 0.1) is 26.4 Å². The Labute approximate surface area is 153 Å². The van der Waals surface area contributed by atoms with Crippen molar-refractivity contribution in [3.8, 4) is 16.9 Å². The first kappa shape index (κ1) is 15.8. The molecule has 2 aromatic carbocycles. The van der Waals surface area contributed by atoms with Crippen LogP contribution in [-0.2, 0) is 6.42 Å². The molecule has 1 N–H and O–H groups in total. The second-order valence-electron chi connectivity index (χ2n) is 5.49. The highest BCUT2D eigenvalue weighted by Gasteiger charge is 2.25. The second-order valence-corrected chi connectivity index (χ2v) is 6.71. The van der Waals surface area contributed by atoms with Crippen molar-refractivity contribution in [1.29, 1.82) is 0 Å². The van der Waals surface area contributed by atoms with E-state index in [1.165, 1.54) is 12.1 Å². The Bertz CT molecular complexity index is 952. The van der Waals surface area contributed by atoms with Gasteiger partial charge in [0.15, 0.2) is 0 Å². The lowest BCUT2D eigenvalue weighted by Crippen LogP contribution is -2.04. The third-order valence-corrected chi connectivity index (χ3v) is 5.04. The van der Waals surface area contributed by atoms with Gasteiger partial charge < -0.3 is 5.32 Å². The lowest BCUT2D eigenvalue weighted by Gasteiger charge is -2.07. The van der Waals surface area contributed by atoms with Gasteiger partial charge >= 0.3 is 0 Å². The van der Waals surface area contributed by atoms with E-state index < -0.39 is 0 Å². The van der Waals surface area contributed by atoms with Gasteiger partial charge in [-0.3, -0.25) is 0 Å². The third-order valence-electron chi connectivity index (χ3n) is 3.98. The number of fused-ring (bicyclic) bond motifs is 1. The van der Waals surface area contributed by atoms with E-state index in [-0.39, 0.29) is 5.82 Å². The van der Waals surface area contributed by atoms with Crippen LogP contribution in [0.15, 0.2) is 36.4 Å². The van der Waals surface area contributed by atoms with Crippen LogP contribution in [0.25, 0.3) is 16.9 Å². The van der Waals surface area contributed by atoms with Crippen LogP contribution in [0.1, 0.15) is 5.56 Å². The Morgan fingerprint density at radius 1 is 1.00 bits per heavy atom. The molecule has 0 spiro atoms. The lowest BCUT2D eigenvalue weighted by molar-refractivity contribution is 0.628. The predicted octanol–water partition coefficient (Wildman–Crippen LogP) is 5.61. The van der Waals surface area contributed by atoms with Gasteiger partial charge in [0.2, 0.25) is 0 Å². The van der Waals surface area contributed by atoms with Crippen LogP contribution in [-0.4, -0.2) is 16.3 Å². The number of aromatic nitrogens is 2. The molecule has 0 unspecified atom stereocenters. The molecule has 122 valence electrons. The minimum Gasteiger partial charge on any atom is -0.369 e. The topological polar surface area (TPSA) is 29.9 Å². The van der Waals surface area contributed by atoms with Crippen molar-refractivity contribution in [3.05, 3.63) is 62.8 Å². The molecule has 7 heteroatoms. The summed E-state index contributed by atoms with van der Waals surface area (Å²) in [6, 6.07) is 9.66. The van der Waals surface area contributed by atoms with Crippen LogP contribution in [0.4, 0.5) is 10.2 Å². The van der Waals surface area contributed by atoms with Gasteiger partial charge in [-0.1, -0.05) is 34.8 Å². The van der Waals surface area contributed by atoms with Gasteiger partial charge in [-0.25, -0.2) is 9.07 Å². The number of rotatable bonds is 2. The maximum Gasteiger partial charge on any atom is 0.133 e. The van der Waals surface area contributed by atoms with Crippen molar-refractivity contribution >= 4 is 40.6 Å². The number of hydrogen-bond acceptors (Lipinski definition) is 2. The van der Waals surface area contributed by atoms with Gasteiger partial charge in [0.25, 0.3) is 0 Å². The van der Waals surface area contributed by atoms with Crippen molar-refractivity contribution < 1.29 is 4.39 Å². The van der Waals surface area contributed by atoms with Gasteiger partial charge in [-0.05, 0) is 42.8 Å². The zero-order valence-electron chi connectivity index (χ0n) is 12.3. The molecule has 1 aromatic heterocycles. The summed E-state index contributed by atoms with van der Waals surface area (Å²) in [5, 5.41) is 9.29. The fourth-order valence-electron chi connectivity index (χ4n) is 2.88. The Morgan fingerprint density at radius 2 is 1.83 bits per heavy atom.